The van der Waals surface area contributed by atoms with E-state index in [-0.39, 0.29) is 18.1 Å². The fourth-order valence-electron chi connectivity index (χ4n) is 4.60. The summed E-state index contributed by atoms with van der Waals surface area (Å²) in [6.07, 6.45) is 10.1. The van der Waals surface area contributed by atoms with Crippen molar-refractivity contribution in [1.82, 2.24) is 24.2 Å². The molecule has 140 valence electrons. The average Bonchev–Trinajstić information content (AvgIpc) is 3.37. The number of fused-ring (bicyclic) bond motifs is 1. The molecular weight excluding hydrogens is 330 g/mol. The van der Waals surface area contributed by atoms with E-state index in [4.69, 9.17) is 0 Å². The van der Waals surface area contributed by atoms with Gasteiger partial charge in [-0.05, 0) is 30.7 Å². The summed E-state index contributed by atoms with van der Waals surface area (Å²) in [5.74, 6) is 2.09. The first-order chi connectivity index (χ1) is 12.7. The highest BCUT2D eigenvalue weighted by molar-refractivity contribution is 5.76. The van der Waals surface area contributed by atoms with E-state index in [9.17, 15) is 9.90 Å². The minimum atomic E-state index is -0.385. The number of aryl methyl sites for hydroxylation is 2. The first-order valence-electron chi connectivity index (χ1n) is 9.60. The first-order valence-corrected chi connectivity index (χ1v) is 9.60. The number of carbonyl (C=O) groups excluding carboxylic acids is 1. The number of aliphatic hydroxyl groups excluding tert-OH is 1. The summed E-state index contributed by atoms with van der Waals surface area (Å²) in [4.78, 5) is 19.0. The molecule has 0 bridgehead atoms. The van der Waals surface area contributed by atoms with E-state index in [0.29, 0.717) is 24.8 Å². The Labute approximate surface area is 153 Å². The van der Waals surface area contributed by atoms with Crippen LogP contribution in [0.1, 0.15) is 38.1 Å². The molecule has 7 heteroatoms. The van der Waals surface area contributed by atoms with Crippen LogP contribution in [0, 0.1) is 11.8 Å². The predicted octanol–water partition coefficient (Wildman–Crippen LogP) is 1.50. The highest BCUT2D eigenvalue weighted by Gasteiger charge is 2.43. The summed E-state index contributed by atoms with van der Waals surface area (Å²) in [6, 6.07) is 1.92. The number of nitrogens with zero attached hydrogens (tertiary/aromatic N) is 5. The molecule has 0 aromatic carbocycles. The third-order valence-electron chi connectivity index (χ3n) is 6.01. The van der Waals surface area contributed by atoms with E-state index < -0.39 is 0 Å². The largest absolute Gasteiger partial charge is 0.391 e. The molecule has 2 fully saturated rings. The molecule has 1 aliphatic carbocycles. The molecule has 3 heterocycles. The van der Waals surface area contributed by atoms with Gasteiger partial charge in [0.1, 0.15) is 5.82 Å². The zero-order valence-electron chi connectivity index (χ0n) is 15.2. The van der Waals surface area contributed by atoms with E-state index in [1.165, 1.54) is 0 Å². The van der Waals surface area contributed by atoms with Gasteiger partial charge in [0.05, 0.1) is 12.1 Å². The Kier molecular flexibility index (Phi) is 4.80. The highest BCUT2D eigenvalue weighted by Crippen LogP contribution is 2.41. The summed E-state index contributed by atoms with van der Waals surface area (Å²) in [5, 5.41) is 14.8. The zero-order valence-corrected chi connectivity index (χ0v) is 15.2. The lowest BCUT2D eigenvalue weighted by Gasteiger charge is -2.35. The van der Waals surface area contributed by atoms with Crippen LogP contribution in [0.4, 0.5) is 0 Å². The van der Waals surface area contributed by atoms with Crippen LogP contribution >= 0.6 is 0 Å². The lowest BCUT2D eigenvalue weighted by molar-refractivity contribution is -0.130. The van der Waals surface area contributed by atoms with Gasteiger partial charge < -0.3 is 14.6 Å². The van der Waals surface area contributed by atoms with E-state index in [2.05, 4.69) is 21.6 Å². The summed E-state index contributed by atoms with van der Waals surface area (Å²) in [5.41, 5.74) is 0. The number of hydrogen-bond acceptors (Lipinski definition) is 4. The maximum Gasteiger partial charge on any atom is 0.224 e. The Morgan fingerprint density at radius 2 is 2.04 bits per heavy atom. The molecule has 0 spiro atoms. The molecule has 0 unspecified atom stereocenters. The monoisotopic (exact) mass is 357 g/mol. The SMILES string of the molecule is CCc1nccn1CCC(=O)N1C[C@H]2C[C@@H](n3cccn3)[C@H](O)C[C@H]2C1. The zero-order chi connectivity index (χ0) is 18.1. The van der Waals surface area contributed by atoms with Crippen LogP contribution in [0.25, 0.3) is 0 Å². The average molecular weight is 357 g/mol. The van der Waals surface area contributed by atoms with Gasteiger partial charge in [0.15, 0.2) is 0 Å². The number of amides is 1. The van der Waals surface area contributed by atoms with Gasteiger partial charge in [-0.3, -0.25) is 9.48 Å². The number of likely N-dealkylation sites (tertiary alicyclic amines) is 1. The van der Waals surface area contributed by atoms with E-state index in [0.717, 1.165) is 38.2 Å². The standard InChI is InChI=1S/C19H27N5O2/c1-2-18-20-6-9-22(18)8-4-19(26)23-12-14-10-16(24-7-3-5-21-24)17(25)11-15(14)13-23/h3,5-7,9,14-17,25H,2,4,8,10-13H2,1H3/t14-,15+,16-,17-/m1/s1. The van der Waals surface area contributed by atoms with Gasteiger partial charge in [-0.15, -0.1) is 0 Å². The van der Waals surface area contributed by atoms with Crippen LogP contribution in [-0.4, -0.2) is 54.4 Å². The van der Waals surface area contributed by atoms with Crippen LogP contribution in [0.2, 0.25) is 0 Å². The summed E-state index contributed by atoms with van der Waals surface area (Å²) in [6.45, 7) is 4.34. The molecule has 1 saturated heterocycles. The molecule has 1 N–H and O–H groups in total. The van der Waals surface area contributed by atoms with Crippen molar-refractivity contribution in [3.63, 3.8) is 0 Å². The number of rotatable bonds is 5. The van der Waals surface area contributed by atoms with Crippen molar-refractivity contribution in [1.29, 1.82) is 0 Å². The molecule has 7 nitrogen and oxygen atoms in total. The quantitative estimate of drug-likeness (QED) is 0.880. The summed E-state index contributed by atoms with van der Waals surface area (Å²) in [7, 11) is 0. The van der Waals surface area contributed by atoms with Gasteiger partial charge in [-0.1, -0.05) is 6.92 Å². The van der Waals surface area contributed by atoms with E-state index in [1.807, 2.05) is 28.0 Å². The van der Waals surface area contributed by atoms with Crippen LogP contribution in [0.5, 0.6) is 0 Å². The molecule has 1 amide bonds. The summed E-state index contributed by atoms with van der Waals surface area (Å²) >= 11 is 0. The number of aliphatic hydroxyl groups is 1. The second-order valence-electron chi connectivity index (χ2n) is 7.55. The van der Waals surface area contributed by atoms with Crippen LogP contribution in [-0.2, 0) is 17.8 Å². The lowest BCUT2D eigenvalue weighted by Crippen LogP contribution is -2.36. The van der Waals surface area contributed by atoms with Crippen molar-refractivity contribution in [2.45, 2.75) is 51.3 Å². The fourth-order valence-corrected chi connectivity index (χ4v) is 4.60. The molecule has 2 aliphatic rings. The number of imidazole rings is 1. The van der Waals surface area contributed by atoms with Crippen LogP contribution in [0.15, 0.2) is 30.9 Å². The van der Waals surface area contributed by atoms with Crippen molar-refractivity contribution < 1.29 is 9.90 Å². The molecule has 4 atom stereocenters. The Bertz CT molecular complexity index is 741. The van der Waals surface area contributed by atoms with Gasteiger partial charge in [0.2, 0.25) is 5.91 Å². The minimum absolute atomic E-state index is 0.0272. The van der Waals surface area contributed by atoms with Gasteiger partial charge in [-0.25, -0.2) is 4.98 Å². The Balaban J connectivity index is 1.35. The van der Waals surface area contributed by atoms with Crippen LogP contribution < -0.4 is 0 Å². The molecule has 4 rings (SSSR count). The van der Waals surface area contributed by atoms with Gasteiger partial charge in [-0.2, -0.15) is 5.10 Å². The predicted molar refractivity (Wildman–Crippen MR) is 96.3 cm³/mol. The third kappa shape index (κ3) is 3.28. The first kappa shape index (κ1) is 17.3. The van der Waals surface area contributed by atoms with Gasteiger partial charge >= 0.3 is 0 Å². The van der Waals surface area contributed by atoms with Crippen molar-refractivity contribution in [3.8, 4) is 0 Å². The fraction of sp³-hybridized carbons (Fsp3) is 0.632. The molecule has 26 heavy (non-hydrogen) atoms. The summed E-state index contributed by atoms with van der Waals surface area (Å²) < 4.78 is 3.94. The Morgan fingerprint density at radius 3 is 2.77 bits per heavy atom. The number of carbonyl (C=O) groups is 1. The number of aromatic nitrogens is 4. The molecule has 1 saturated carbocycles. The normalized spacial score (nSPS) is 28.3. The molecule has 0 radical (unpaired) electrons. The third-order valence-corrected chi connectivity index (χ3v) is 6.01. The second-order valence-corrected chi connectivity index (χ2v) is 7.55. The van der Waals surface area contributed by atoms with E-state index in [1.54, 1.807) is 12.4 Å². The van der Waals surface area contributed by atoms with Crippen molar-refractivity contribution >= 4 is 5.91 Å². The van der Waals surface area contributed by atoms with Crippen molar-refractivity contribution in [2.24, 2.45) is 11.8 Å². The Hall–Kier alpha value is -2.15. The Morgan fingerprint density at radius 1 is 1.23 bits per heavy atom. The van der Waals surface area contributed by atoms with Crippen molar-refractivity contribution in [2.75, 3.05) is 13.1 Å². The number of hydrogen-bond donors (Lipinski definition) is 1. The van der Waals surface area contributed by atoms with Gasteiger partial charge in [0.25, 0.3) is 0 Å². The highest BCUT2D eigenvalue weighted by atomic mass is 16.3. The molecular formula is C19H27N5O2. The van der Waals surface area contributed by atoms with Crippen molar-refractivity contribution in [3.05, 3.63) is 36.7 Å². The topological polar surface area (TPSA) is 76.2 Å². The maximum absolute atomic E-state index is 12.7. The maximum atomic E-state index is 12.7. The molecule has 1 aliphatic heterocycles. The second kappa shape index (κ2) is 7.23. The smallest absolute Gasteiger partial charge is 0.224 e. The van der Waals surface area contributed by atoms with Gasteiger partial charge in [0, 0.05) is 57.3 Å². The van der Waals surface area contributed by atoms with E-state index >= 15 is 0 Å². The van der Waals surface area contributed by atoms with Crippen LogP contribution in [0.3, 0.4) is 0 Å². The molecule has 2 aromatic heterocycles. The lowest BCUT2D eigenvalue weighted by atomic mass is 9.77. The minimum Gasteiger partial charge on any atom is -0.391 e. The molecule has 2 aromatic rings.